The molecule has 0 spiro atoms. The van der Waals surface area contributed by atoms with Crippen LogP contribution in [0.5, 0.6) is 0 Å². The number of fused-ring (bicyclic) bond motifs is 1. The topological polar surface area (TPSA) is 34.0 Å². The van der Waals surface area contributed by atoms with Crippen molar-refractivity contribution in [1.29, 1.82) is 0 Å². The number of aromatic nitrogens is 1. The van der Waals surface area contributed by atoms with Gasteiger partial charge in [-0.2, -0.15) is 0 Å². The third kappa shape index (κ3) is 2.98. The number of nitrogens with one attached hydrogen (secondary N) is 1. The van der Waals surface area contributed by atoms with Crippen LogP contribution in [0.25, 0.3) is 16.6 Å². The number of halogens is 1. The average Bonchev–Trinajstić information content (AvgIpc) is 2.99. The van der Waals surface area contributed by atoms with Gasteiger partial charge in [-0.25, -0.2) is 0 Å². The minimum atomic E-state index is -0.130. The van der Waals surface area contributed by atoms with E-state index in [9.17, 15) is 4.79 Å². The number of aryl methyl sites for hydroxylation is 1. The summed E-state index contributed by atoms with van der Waals surface area (Å²) in [6, 6.07) is 22.8. The predicted molar refractivity (Wildman–Crippen MR) is 107 cm³/mol. The molecule has 0 saturated carbocycles. The molecular formula is C22H17ClN2O. The minimum absolute atomic E-state index is 0.130. The summed E-state index contributed by atoms with van der Waals surface area (Å²) in [4.78, 5) is 12.6. The van der Waals surface area contributed by atoms with Crippen LogP contribution in [0.2, 0.25) is 5.02 Å². The highest BCUT2D eigenvalue weighted by Gasteiger charge is 2.13. The van der Waals surface area contributed by atoms with Crippen molar-refractivity contribution in [2.75, 3.05) is 5.32 Å². The van der Waals surface area contributed by atoms with Gasteiger partial charge < -0.3 is 9.88 Å². The number of amides is 1. The van der Waals surface area contributed by atoms with E-state index in [0.717, 1.165) is 27.8 Å². The van der Waals surface area contributed by atoms with Gasteiger partial charge in [-0.15, -0.1) is 0 Å². The molecule has 0 bridgehead atoms. The first-order valence-electron chi connectivity index (χ1n) is 8.36. The molecule has 1 heterocycles. The van der Waals surface area contributed by atoms with Crippen molar-refractivity contribution >= 4 is 34.1 Å². The van der Waals surface area contributed by atoms with Crippen molar-refractivity contribution in [2.24, 2.45) is 0 Å². The fourth-order valence-electron chi connectivity index (χ4n) is 3.14. The third-order valence-corrected chi connectivity index (χ3v) is 4.65. The van der Waals surface area contributed by atoms with Crippen LogP contribution in [0.15, 0.2) is 79.0 Å². The summed E-state index contributed by atoms with van der Waals surface area (Å²) in [7, 11) is 0. The Balaban J connectivity index is 1.79. The molecule has 3 aromatic carbocycles. The summed E-state index contributed by atoms with van der Waals surface area (Å²) in [5.74, 6) is -0.130. The van der Waals surface area contributed by atoms with E-state index in [2.05, 4.69) is 23.0 Å². The van der Waals surface area contributed by atoms with Crippen LogP contribution in [0.3, 0.4) is 0 Å². The molecule has 1 N–H and O–H groups in total. The summed E-state index contributed by atoms with van der Waals surface area (Å²) >= 11 is 6.15. The molecular weight excluding hydrogens is 344 g/mol. The van der Waals surface area contributed by atoms with Gasteiger partial charge in [0, 0.05) is 22.2 Å². The molecule has 0 aliphatic rings. The van der Waals surface area contributed by atoms with Gasteiger partial charge in [0.2, 0.25) is 0 Å². The van der Waals surface area contributed by atoms with E-state index in [0.29, 0.717) is 10.6 Å². The van der Waals surface area contributed by atoms with E-state index in [1.54, 1.807) is 12.1 Å². The van der Waals surface area contributed by atoms with E-state index in [1.807, 2.05) is 60.7 Å². The van der Waals surface area contributed by atoms with Gasteiger partial charge in [-0.1, -0.05) is 41.9 Å². The number of rotatable bonds is 3. The Morgan fingerprint density at radius 3 is 2.50 bits per heavy atom. The first-order chi connectivity index (χ1) is 12.6. The fraction of sp³-hybridized carbons (Fsp3) is 0.0455. The zero-order chi connectivity index (χ0) is 18.1. The van der Waals surface area contributed by atoms with E-state index >= 15 is 0 Å². The second-order valence-electron chi connectivity index (χ2n) is 6.18. The number of carbonyl (C=O) groups is 1. The molecule has 4 aromatic rings. The van der Waals surface area contributed by atoms with E-state index in [-0.39, 0.29) is 5.91 Å². The normalized spacial score (nSPS) is 10.8. The van der Waals surface area contributed by atoms with Crippen LogP contribution < -0.4 is 5.32 Å². The van der Waals surface area contributed by atoms with Crippen LogP contribution in [0.4, 0.5) is 5.69 Å². The smallest absolute Gasteiger partial charge is 0.255 e. The molecule has 4 rings (SSSR count). The van der Waals surface area contributed by atoms with Gasteiger partial charge in [-0.05, 0) is 55.0 Å². The Bertz CT molecular complexity index is 1100. The first-order valence-corrected chi connectivity index (χ1v) is 8.74. The second kappa shape index (κ2) is 6.70. The van der Waals surface area contributed by atoms with Gasteiger partial charge in [0.05, 0.1) is 16.9 Å². The highest BCUT2D eigenvalue weighted by Crippen LogP contribution is 2.30. The summed E-state index contributed by atoms with van der Waals surface area (Å²) in [5.41, 5.74) is 4.48. The molecule has 0 radical (unpaired) electrons. The zero-order valence-electron chi connectivity index (χ0n) is 14.2. The number of hydrogen-bond donors (Lipinski definition) is 1. The number of benzene rings is 3. The van der Waals surface area contributed by atoms with Gasteiger partial charge in [0.25, 0.3) is 5.91 Å². The molecule has 26 heavy (non-hydrogen) atoms. The number of hydrogen-bond acceptors (Lipinski definition) is 1. The highest BCUT2D eigenvalue weighted by molar-refractivity contribution is 6.31. The lowest BCUT2D eigenvalue weighted by Gasteiger charge is -2.13. The van der Waals surface area contributed by atoms with Crippen molar-refractivity contribution < 1.29 is 4.79 Å². The lowest BCUT2D eigenvalue weighted by Crippen LogP contribution is -2.13. The van der Waals surface area contributed by atoms with Crippen molar-refractivity contribution in [3.05, 3.63) is 95.1 Å². The Morgan fingerprint density at radius 1 is 0.962 bits per heavy atom. The summed E-state index contributed by atoms with van der Waals surface area (Å²) in [6.45, 7) is 2.06. The standard InChI is InChI=1S/C22H17ClN2O/c1-15-14-25(20-12-11-17(23)13-18(15)20)21-10-6-5-9-19(21)24-22(26)16-7-3-2-4-8-16/h2-14H,1H3,(H,24,26). The summed E-state index contributed by atoms with van der Waals surface area (Å²) in [5, 5.41) is 4.84. The van der Waals surface area contributed by atoms with E-state index < -0.39 is 0 Å². The molecule has 0 saturated heterocycles. The van der Waals surface area contributed by atoms with Crippen molar-refractivity contribution in [2.45, 2.75) is 6.92 Å². The average molecular weight is 361 g/mol. The largest absolute Gasteiger partial charge is 0.320 e. The molecule has 128 valence electrons. The first kappa shape index (κ1) is 16.4. The van der Waals surface area contributed by atoms with Crippen LogP contribution in [-0.2, 0) is 0 Å². The molecule has 0 unspecified atom stereocenters. The molecule has 1 aromatic heterocycles. The van der Waals surface area contributed by atoms with E-state index in [4.69, 9.17) is 11.6 Å². The summed E-state index contributed by atoms with van der Waals surface area (Å²) in [6.07, 6.45) is 2.06. The van der Waals surface area contributed by atoms with Gasteiger partial charge in [0.1, 0.15) is 0 Å². The Kier molecular flexibility index (Phi) is 4.23. The van der Waals surface area contributed by atoms with Crippen LogP contribution in [-0.4, -0.2) is 10.5 Å². The number of anilines is 1. The fourth-order valence-corrected chi connectivity index (χ4v) is 3.31. The number of carbonyl (C=O) groups excluding carboxylic acids is 1. The van der Waals surface area contributed by atoms with Gasteiger partial charge in [-0.3, -0.25) is 4.79 Å². The maximum Gasteiger partial charge on any atom is 0.255 e. The molecule has 0 atom stereocenters. The molecule has 3 nitrogen and oxygen atoms in total. The SMILES string of the molecule is Cc1cn(-c2ccccc2NC(=O)c2ccccc2)c2ccc(Cl)cc12. The lowest BCUT2D eigenvalue weighted by molar-refractivity contribution is 0.102. The van der Waals surface area contributed by atoms with Crippen LogP contribution >= 0.6 is 11.6 Å². The van der Waals surface area contributed by atoms with Crippen LogP contribution in [0.1, 0.15) is 15.9 Å². The summed E-state index contributed by atoms with van der Waals surface area (Å²) < 4.78 is 2.08. The lowest BCUT2D eigenvalue weighted by atomic mass is 10.2. The number of nitrogens with zero attached hydrogens (tertiary/aromatic N) is 1. The molecule has 0 aliphatic carbocycles. The van der Waals surface area contributed by atoms with Crippen molar-refractivity contribution in [3.8, 4) is 5.69 Å². The Labute approximate surface area is 156 Å². The third-order valence-electron chi connectivity index (χ3n) is 4.41. The van der Waals surface area contributed by atoms with Crippen LogP contribution in [0, 0.1) is 6.92 Å². The van der Waals surface area contributed by atoms with E-state index in [1.165, 1.54) is 0 Å². The number of para-hydroxylation sites is 2. The highest BCUT2D eigenvalue weighted by atomic mass is 35.5. The van der Waals surface area contributed by atoms with Gasteiger partial charge >= 0.3 is 0 Å². The van der Waals surface area contributed by atoms with Gasteiger partial charge in [0.15, 0.2) is 0 Å². The predicted octanol–water partition coefficient (Wildman–Crippen LogP) is 5.84. The Morgan fingerprint density at radius 2 is 1.69 bits per heavy atom. The molecule has 4 heteroatoms. The molecule has 0 aliphatic heterocycles. The maximum atomic E-state index is 12.6. The molecule has 0 fully saturated rings. The quantitative estimate of drug-likeness (QED) is 0.489. The Hall–Kier alpha value is -3.04. The maximum absolute atomic E-state index is 12.6. The monoisotopic (exact) mass is 360 g/mol. The second-order valence-corrected chi connectivity index (χ2v) is 6.62. The zero-order valence-corrected chi connectivity index (χ0v) is 15.0. The van der Waals surface area contributed by atoms with Crippen molar-refractivity contribution in [1.82, 2.24) is 4.57 Å². The van der Waals surface area contributed by atoms with Crippen molar-refractivity contribution in [3.63, 3.8) is 0 Å². The minimum Gasteiger partial charge on any atom is -0.320 e. The molecule has 1 amide bonds.